The summed E-state index contributed by atoms with van der Waals surface area (Å²) in [6.07, 6.45) is 0.874. The lowest BCUT2D eigenvalue weighted by molar-refractivity contribution is 0.0939. The van der Waals surface area contributed by atoms with E-state index in [1.54, 1.807) is 24.3 Å². The third-order valence-corrected chi connectivity index (χ3v) is 2.80. The van der Waals surface area contributed by atoms with Crippen molar-refractivity contribution >= 4 is 11.8 Å². The third-order valence-electron chi connectivity index (χ3n) is 2.80. The van der Waals surface area contributed by atoms with Crippen molar-refractivity contribution < 1.29 is 9.59 Å². The van der Waals surface area contributed by atoms with Gasteiger partial charge in [-0.1, -0.05) is 13.0 Å². The number of carbonyl (C=O) groups is 2. The molecule has 1 aromatic carbocycles. The summed E-state index contributed by atoms with van der Waals surface area (Å²) in [4.78, 5) is 23.8. The molecule has 19 heavy (non-hydrogen) atoms. The summed E-state index contributed by atoms with van der Waals surface area (Å²) >= 11 is 0. The van der Waals surface area contributed by atoms with Crippen LogP contribution in [-0.4, -0.2) is 23.9 Å². The number of carbonyl (C=O) groups excluding carboxylic acids is 2. The lowest BCUT2D eigenvalue weighted by atomic mass is 10.1. The van der Waals surface area contributed by atoms with Gasteiger partial charge in [0.2, 0.25) is 0 Å². The lowest BCUT2D eigenvalue weighted by Gasteiger charge is -2.12. The van der Waals surface area contributed by atoms with Gasteiger partial charge in [-0.25, -0.2) is 0 Å². The Balaban J connectivity index is 2.82. The van der Waals surface area contributed by atoms with E-state index in [0.29, 0.717) is 11.1 Å². The number of rotatable bonds is 5. The zero-order valence-electron chi connectivity index (χ0n) is 12.0. The summed E-state index contributed by atoms with van der Waals surface area (Å²) < 4.78 is 0. The second kappa shape index (κ2) is 6.92. The molecule has 0 aliphatic heterocycles. The van der Waals surface area contributed by atoms with Crippen LogP contribution in [0.4, 0.5) is 0 Å². The summed E-state index contributed by atoms with van der Waals surface area (Å²) in [5.41, 5.74) is 1.02. The minimum absolute atomic E-state index is 0.0742. The van der Waals surface area contributed by atoms with E-state index in [1.165, 1.54) is 0 Å². The molecular formula is C15H22N2O2. The third kappa shape index (κ3) is 4.73. The Bertz CT molecular complexity index is 455. The van der Waals surface area contributed by atoms with Crippen LogP contribution >= 0.6 is 0 Å². The molecule has 1 atom stereocenters. The summed E-state index contributed by atoms with van der Waals surface area (Å²) in [7, 11) is 0. The largest absolute Gasteiger partial charge is 0.350 e. The van der Waals surface area contributed by atoms with Crippen LogP contribution in [0.2, 0.25) is 0 Å². The summed E-state index contributed by atoms with van der Waals surface area (Å²) in [6.45, 7) is 7.76. The molecule has 0 aromatic heterocycles. The van der Waals surface area contributed by atoms with Gasteiger partial charge in [0, 0.05) is 23.2 Å². The maximum atomic E-state index is 12.0. The number of hydrogen-bond donors (Lipinski definition) is 2. The van der Waals surface area contributed by atoms with E-state index in [9.17, 15) is 9.59 Å². The predicted octanol–water partition coefficient (Wildman–Crippen LogP) is 2.35. The Morgan fingerprint density at radius 3 is 2.05 bits per heavy atom. The van der Waals surface area contributed by atoms with Gasteiger partial charge in [-0.2, -0.15) is 0 Å². The van der Waals surface area contributed by atoms with E-state index in [-0.39, 0.29) is 23.9 Å². The van der Waals surface area contributed by atoms with Crippen LogP contribution in [0.1, 0.15) is 54.8 Å². The second-order valence-electron chi connectivity index (χ2n) is 4.99. The van der Waals surface area contributed by atoms with Crippen LogP contribution in [0, 0.1) is 0 Å². The fourth-order valence-electron chi connectivity index (χ4n) is 1.56. The molecule has 4 heteroatoms. The zero-order valence-corrected chi connectivity index (χ0v) is 12.0. The smallest absolute Gasteiger partial charge is 0.251 e. The highest BCUT2D eigenvalue weighted by Gasteiger charge is 2.12. The minimum Gasteiger partial charge on any atom is -0.350 e. The molecule has 0 saturated carbocycles. The maximum Gasteiger partial charge on any atom is 0.251 e. The maximum absolute atomic E-state index is 12.0. The second-order valence-corrected chi connectivity index (χ2v) is 4.99. The van der Waals surface area contributed by atoms with Crippen LogP contribution in [0.25, 0.3) is 0 Å². The van der Waals surface area contributed by atoms with E-state index >= 15 is 0 Å². The molecule has 1 rings (SSSR count). The predicted molar refractivity (Wildman–Crippen MR) is 76.3 cm³/mol. The van der Waals surface area contributed by atoms with Gasteiger partial charge in [0.15, 0.2) is 0 Å². The van der Waals surface area contributed by atoms with Crippen molar-refractivity contribution in [3.63, 3.8) is 0 Å². The van der Waals surface area contributed by atoms with Crippen LogP contribution in [0.3, 0.4) is 0 Å². The molecule has 0 spiro atoms. The van der Waals surface area contributed by atoms with E-state index in [0.717, 1.165) is 6.42 Å². The fraction of sp³-hybridized carbons (Fsp3) is 0.467. The molecular weight excluding hydrogens is 240 g/mol. The van der Waals surface area contributed by atoms with Crippen molar-refractivity contribution in [3.8, 4) is 0 Å². The summed E-state index contributed by atoms with van der Waals surface area (Å²) in [6, 6.07) is 6.96. The summed E-state index contributed by atoms with van der Waals surface area (Å²) in [5.74, 6) is -0.304. The molecule has 0 heterocycles. The van der Waals surface area contributed by atoms with Gasteiger partial charge < -0.3 is 10.6 Å². The number of nitrogens with one attached hydrogen (secondary N) is 2. The first kappa shape index (κ1) is 15.2. The molecule has 2 amide bonds. The van der Waals surface area contributed by atoms with Gasteiger partial charge in [-0.15, -0.1) is 0 Å². The molecule has 0 saturated heterocycles. The van der Waals surface area contributed by atoms with Crippen molar-refractivity contribution in [2.24, 2.45) is 0 Å². The first-order chi connectivity index (χ1) is 8.93. The molecule has 104 valence electrons. The van der Waals surface area contributed by atoms with E-state index < -0.39 is 0 Å². The number of amides is 2. The first-order valence-corrected chi connectivity index (χ1v) is 6.65. The summed E-state index contributed by atoms with van der Waals surface area (Å²) in [5, 5.41) is 5.69. The molecule has 2 N–H and O–H groups in total. The van der Waals surface area contributed by atoms with E-state index in [4.69, 9.17) is 0 Å². The van der Waals surface area contributed by atoms with E-state index in [2.05, 4.69) is 10.6 Å². The highest BCUT2D eigenvalue weighted by atomic mass is 16.2. The molecule has 0 aliphatic carbocycles. The topological polar surface area (TPSA) is 58.2 Å². The Kier molecular flexibility index (Phi) is 5.55. The van der Waals surface area contributed by atoms with Crippen LogP contribution < -0.4 is 10.6 Å². The zero-order chi connectivity index (χ0) is 14.4. The van der Waals surface area contributed by atoms with Crippen LogP contribution in [0.5, 0.6) is 0 Å². The van der Waals surface area contributed by atoms with Crippen LogP contribution in [0.15, 0.2) is 24.3 Å². The monoisotopic (exact) mass is 262 g/mol. The van der Waals surface area contributed by atoms with Crippen LogP contribution in [-0.2, 0) is 0 Å². The highest BCUT2D eigenvalue weighted by molar-refractivity contribution is 5.99. The van der Waals surface area contributed by atoms with Crippen molar-refractivity contribution in [1.82, 2.24) is 10.6 Å². The molecule has 1 aromatic rings. The minimum atomic E-state index is -0.159. The van der Waals surface area contributed by atoms with Gasteiger partial charge in [-0.3, -0.25) is 9.59 Å². The fourth-order valence-corrected chi connectivity index (χ4v) is 1.56. The highest BCUT2D eigenvalue weighted by Crippen LogP contribution is 2.06. The van der Waals surface area contributed by atoms with Gasteiger partial charge in [0.05, 0.1) is 0 Å². The van der Waals surface area contributed by atoms with Crippen molar-refractivity contribution in [2.75, 3.05) is 0 Å². The Morgan fingerprint density at radius 2 is 1.58 bits per heavy atom. The van der Waals surface area contributed by atoms with Gasteiger partial charge >= 0.3 is 0 Å². The normalized spacial score (nSPS) is 12.1. The molecule has 4 nitrogen and oxygen atoms in total. The number of benzene rings is 1. The van der Waals surface area contributed by atoms with E-state index in [1.807, 2.05) is 27.7 Å². The average Bonchev–Trinajstić information content (AvgIpc) is 2.37. The SMILES string of the molecule is CCC(C)NC(=O)c1cccc(C(=O)NC(C)C)c1. The van der Waals surface area contributed by atoms with Gasteiger partial charge in [-0.05, 0) is 45.4 Å². The van der Waals surface area contributed by atoms with Crippen molar-refractivity contribution in [1.29, 1.82) is 0 Å². The molecule has 0 radical (unpaired) electrons. The standard InChI is InChI=1S/C15H22N2O2/c1-5-11(4)17-15(19)13-8-6-7-12(9-13)14(18)16-10(2)3/h6-11H,5H2,1-4H3,(H,16,18)(H,17,19). The molecule has 0 aliphatic rings. The van der Waals surface area contributed by atoms with Crippen molar-refractivity contribution in [3.05, 3.63) is 35.4 Å². The first-order valence-electron chi connectivity index (χ1n) is 6.65. The molecule has 0 bridgehead atoms. The quantitative estimate of drug-likeness (QED) is 0.855. The van der Waals surface area contributed by atoms with Gasteiger partial charge in [0.1, 0.15) is 0 Å². The Morgan fingerprint density at radius 1 is 1.05 bits per heavy atom. The lowest BCUT2D eigenvalue weighted by Crippen LogP contribution is -2.33. The Hall–Kier alpha value is -1.84. The number of hydrogen-bond acceptors (Lipinski definition) is 2. The average molecular weight is 262 g/mol. The Labute approximate surface area is 114 Å². The van der Waals surface area contributed by atoms with Crippen molar-refractivity contribution in [2.45, 2.75) is 46.2 Å². The molecule has 1 unspecified atom stereocenters. The van der Waals surface area contributed by atoms with Gasteiger partial charge in [0.25, 0.3) is 11.8 Å². The molecule has 0 fully saturated rings.